The van der Waals surface area contributed by atoms with Crippen molar-refractivity contribution in [2.24, 2.45) is 5.73 Å². The second-order valence-electron chi connectivity index (χ2n) is 3.01. The Labute approximate surface area is 82.9 Å². The Morgan fingerprint density at radius 1 is 1.57 bits per heavy atom. The first kappa shape index (κ1) is 10.5. The van der Waals surface area contributed by atoms with Gasteiger partial charge in [0.05, 0.1) is 5.56 Å². The van der Waals surface area contributed by atoms with E-state index in [-0.39, 0.29) is 0 Å². The number of aryl methyl sites for hydroxylation is 1. The van der Waals surface area contributed by atoms with Crippen LogP contribution in [0.1, 0.15) is 21.5 Å². The first-order chi connectivity index (χ1) is 6.65. The van der Waals surface area contributed by atoms with E-state index in [1.54, 1.807) is 18.2 Å². The van der Waals surface area contributed by atoms with Crippen LogP contribution in [0.5, 0.6) is 0 Å². The Bertz CT molecular complexity index is 370. The Hall–Kier alpha value is -1.61. The number of carbonyl (C=O) groups is 1. The zero-order chi connectivity index (χ0) is 10.6. The number of nitrogens with two attached hydrogens (primary N) is 1. The van der Waals surface area contributed by atoms with E-state index in [9.17, 15) is 4.79 Å². The highest BCUT2D eigenvalue weighted by Crippen LogP contribution is 2.12. The maximum atomic E-state index is 10.6. The van der Waals surface area contributed by atoms with Gasteiger partial charge in [-0.2, -0.15) is 0 Å². The van der Waals surface area contributed by atoms with Crippen LogP contribution in [0.25, 0.3) is 6.08 Å². The monoisotopic (exact) mass is 191 g/mol. The largest absolute Gasteiger partial charge is 0.478 e. The molecule has 0 spiro atoms. The molecule has 0 saturated carbocycles. The molecule has 74 valence electrons. The first-order valence-electron chi connectivity index (χ1n) is 4.35. The predicted octanol–water partition coefficient (Wildman–Crippen LogP) is 1.67. The van der Waals surface area contributed by atoms with Crippen molar-refractivity contribution in [3.63, 3.8) is 0 Å². The normalized spacial score (nSPS) is 10.7. The second-order valence-corrected chi connectivity index (χ2v) is 3.01. The summed E-state index contributed by atoms with van der Waals surface area (Å²) < 4.78 is 0. The van der Waals surface area contributed by atoms with Crippen LogP contribution in [0.3, 0.4) is 0 Å². The van der Waals surface area contributed by atoms with E-state index in [0.717, 1.165) is 11.1 Å². The molecule has 1 rings (SSSR count). The van der Waals surface area contributed by atoms with Crippen LogP contribution in [-0.2, 0) is 0 Å². The molecule has 3 N–H and O–H groups in total. The van der Waals surface area contributed by atoms with Crippen LogP contribution in [0.15, 0.2) is 24.3 Å². The van der Waals surface area contributed by atoms with Gasteiger partial charge in [0, 0.05) is 6.54 Å². The van der Waals surface area contributed by atoms with Crippen LogP contribution < -0.4 is 5.73 Å². The van der Waals surface area contributed by atoms with Gasteiger partial charge in [-0.3, -0.25) is 0 Å². The minimum atomic E-state index is -0.901. The summed E-state index contributed by atoms with van der Waals surface area (Å²) >= 11 is 0. The Kier molecular flexibility index (Phi) is 3.42. The molecule has 0 aliphatic heterocycles. The summed E-state index contributed by atoms with van der Waals surface area (Å²) in [5, 5.41) is 8.74. The van der Waals surface area contributed by atoms with Crippen molar-refractivity contribution in [3.05, 3.63) is 41.0 Å². The molecule has 0 unspecified atom stereocenters. The number of benzene rings is 1. The standard InChI is InChI=1S/C11H13NO2/c1-8-7-10(11(13)14)5-4-9(8)3-2-6-12/h2-5,7H,6,12H2,1H3,(H,13,14). The highest BCUT2D eigenvalue weighted by atomic mass is 16.4. The minimum absolute atomic E-state index is 0.312. The molecule has 0 heterocycles. The van der Waals surface area contributed by atoms with E-state index >= 15 is 0 Å². The molecule has 0 aliphatic carbocycles. The van der Waals surface area contributed by atoms with Crippen LogP contribution in [0.4, 0.5) is 0 Å². The van der Waals surface area contributed by atoms with Crippen LogP contribution in [0, 0.1) is 6.92 Å². The van der Waals surface area contributed by atoms with E-state index in [2.05, 4.69) is 0 Å². The van der Waals surface area contributed by atoms with E-state index in [1.807, 2.05) is 19.1 Å². The van der Waals surface area contributed by atoms with E-state index < -0.39 is 5.97 Å². The van der Waals surface area contributed by atoms with Crippen molar-refractivity contribution in [1.29, 1.82) is 0 Å². The number of hydrogen-bond donors (Lipinski definition) is 2. The van der Waals surface area contributed by atoms with Crippen LogP contribution in [0.2, 0.25) is 0 Å². The van der Waals surface area contributed by atoms with Gasteiger partial charge < -0.3 is 10.8 Å². The fraction of sp³-hybridized carbons (Fsp3) is 0.182. The molecule has 3 heteroatoms. The second kappa shape index (κ2) is 4.58. The molecule has 0 radical (unpaired) electrons. The number of hydrogen-bond acceptors (Lipinski definition) is 2. The molecule has 0 aromatic heterocycles. The number of rotatable bonds is 3. The van der Waals surface area contributed by atoms with Crippen molar-refractivity contribution in [2.75, 3.05) is 6.54 Å². The summed E-state index contributed by atoms with van der Waals surface area (Å²) in [4.78, 5) is 10.6. The lowest BCUT2D eigenvalue weighted by atomic mass is 10.0. The van der Waals surface area contributed by atoms with Gasteiger partial charge in [-0.1, -0.05) is 18.2 Å². The third-order valence-corrected chi connectivity index (χ3v) is 1.95. The Morgan fingerprint density at radius 2 is 2.29 bits per heavy atom. The van der Waals surface area contributed by atoms with Gasteiger partial charge in [0.15, 0.2) is 0 Å². The summed E-state index contributed by atoms with van der Waals surface area (Å²) in [6.07, 6.45) is 3.73. The minimum Gasteiger partial charge on any atom is -0.478 e. The van der Waals surface area contributed by atoms with Crippen molar-refractivity contribution >= 4 is 12.0 Å². The topological polar surface area (TPSA) is 63.3 Å². The molecular weight excluding hydrogens is 178 g/mol. The SMILES string of the molecule is Cc1cc(C(=O)O)ccc1C=CCN. The number of carboxylic acids is 1. The highest BCUT2D eigenvalue weighted by Gasteiger charge is 2.03. The van der Waals surface area contributed by atoms with E-state index in [4.69, 9.17) is 10.8 Å². The van der Waals surface area contributed by atoms with Gasteiger partial charge in [-0.05, 0) is 30.2 Å². The average molecular weight is 191 g/mol. The molecule has 0 bridgehead atoms. The van der Waals surface area contributed by atoms with Crippen molar-refractivity contribution in [3.8, 4) is 0 Å². The van der Waals surface area contributed by atoms with Crippen LogP contribution in [-0.4, -0.2) is 17.6 Å². The fourth-order valence-electron chi connectivity index (χ4n) is 1.19. The maximum absolute atomic E-state index is 10.6. The van der Waals surface area contributed by atoms with Crippen molar-refractivity contribution in [1.82, 2.24) is 0 Å². The quantitative estimate of drug-likeness (QED) is 0.763. The molecule has 0 atom stereocenters. The van der Waals surface area contributed by atoms with Crippen molar-refractivity contribution < 1.29 is 9.90 Å². The van der Waals surface area contributed by atoms with Crippen LogP contribution >= 0.6 is 0 Å². The molecule has 0 fully saturated rings. The summed E-state index contributed by atoms with van der Waals surface area (Å²) in [5.74, 6) is -0.901. The molecule has 1 aromatic carbocycles. The molecule has 0 amide bonds. The highest BCUT2D eigenvalue weighted by molar-refractivity contribution is 5.88. The lowest BCUT2D eigenvalue weighted by molar-refractivity contribution is 0.0697. The average Bonchev–Trinajstić information content (AvgIpc) is 2.15. The number of aromatic carboxylic acids is 1. The fourth-order valence-corrected chi connectivity index (χ4v) is 1.19. The van der Waals surface area contributed by atoms with Gasteiger partial charge in [0.2, 0.25) is 0 Å². The van der Waals surface area contributed by atoms with E-state index in [0.29, 0.717) is 12.1 Å². The smallest absolute Gasteiger partial charge is 0.335 e. The Morgan fingerprint density at radius 3 is 2.79 bits per heavy atom. The molecule has 0 saturated heterocycles. The lowest BCUT2D eigenvalue weighted by Crippen LogP contribution is -1.97. The molecule has 14 heavy (non-hydrogen) atoms. The summed E-state index contributed by atoms with van der Waals surface area (Å²) in [5.41, 5.74) is 7.58. The number of carboxylic acid groups (broad SMARTS) is 1. The van der Waals surface area contributed by atoms with Gasteiger partial charge in [-0.25, -0.2) is 4.79 Å². The summed E-state index contributed by atoms with van der Waals surface area (Å²) in [6.45, 7) is 2.36. The lowest BCUT2D eigenvalue weighted by Gasteiger charge is -2.01. The predicted molar refractivity (Wildman–Crippen MR) is 56.2 cm³/mol. The summed E-state index contributed by atoms with van der Waals surface area (Å²) in [6, 6.07) is 5.02. The maximum Gasteiger partial charge on any atom is 0.335 e. The van der Waals surface area contributed by atoms with Gasteiger partial charge in [0.25, 0.3) is 0 Å². The van der Waals surface area contributed by atoms with Gasteiger partial charge in [-0.15, -0.1) is 0 Å². The molecule has 3 nitrogen and oxygen atoms in total. The van der Waals surface area contributed by atoms with E-state index in [1.165, 1.54) is 0 Å². The zero-order valence-corrected chi connectivity index (χ0v) is 8.03. The third-order valence-electron chi connectivity index (χ3n) is 1.95. The third kappa shape index (κ3) is 2.44. The molecular formula is C11H13NO2. The summed E-state index contributed by atoms with van der Waals surface area (Å²) in [7, 11) is 0. The zero-order valence-electron chi connectivity index (χ0n) is 8.03. The Balaban J connectivity index is 3.01. The van der Waals surface area contributed by atoms with Crippen molar-refractivity contribution in [2.45, 2.75) is 6.92 Å². The van der Waals surface area contributed by atoms with Gasteiger partial charge in [0.1, 0.15) is 0 Å². The van der Waals surface area contributed by atoms with Gasteiger partial charge >= 0.3 is 5.97 Å². The first-order valence-corrected chi connectivity index (χ1v) is 4.35. The molecule has 1 aromatic rings. The molecule has 0 aliphatic rings.